The van der Waals surface area contributed by atoms with Gasteiger partial charge < -0.3 is 5.73 Å². The lowest BCUT2D eigenvalue weighted by Crippen LogP contribution is -1.98. The molecule has 0 aliphatic heterocycles. The summed E-state index contributed by atoms with van der Waals surface area (Å²) in [5.74, 6) is 0. The van der Waals surface area contributed by atoms with Gasteiger partial charge in [-0.15, -0.1) is 0 Å². The molecule has 0 aromatic heterocycles. The van der Waals surface area contributed by atoms with Crippen molar-refractivity contribution in [2.75, 3.05) is 6.54 Å². The first-order valence-electron chi connectivity index (χ1n) is 4.93. The molecule has 3 nitrogen and oxygen atoms in total. The minimum atomic E-state index is -2.45. The summed E-state index contributed by atoms with van der Waals surface area (Å²) in [5.41, 5.74) is 7.36. The topological polar surface area (TPSA) is 55.4 Å². The van der Waals surface area contributed by atoms with Gasteiger partial charge in [-0.25, -0.2) is 8.78 Å². The standard InChI is InChI=1S/C12H12F2N2O/c13-12(14)7-16-6-5-11(15)10-3-1-9(8-17)2-4-10/h1-6,8,12H,7,15H2. The fraction of sp³-hybridized carbons (Fsp3) is 0.167. The second kappa shape index (κ2) is 6.52. The van der Waals surface area contributed by atoms with Crippen LogP contribution >= 0.6 is 0 Å². The monoisotopic (exact) mass is 238 g/mol. The molecular weight excluding hydrogens is 226 g/mol. The van der Waals surface area contributed by atoms with Gasteiger partial charge in [-0.1, -0.05) is 24.3 Å². The smallest absolute Gasteiger partial charge is 0.257 e. The summed E-state index contributed by atoms with van der Waals surface area (Å²) in [4.78, 5) is 13.9. The van der Waals surface area contributed by atoms with E-state index in [9.17, 15) is 13.6 Å². The third-order valence-electron chi connectivity index (χ3n) is 1.98. The van der Waals surface area contributed by atoms with E-state index in [-0.39, 0.29) is 0 Å². The molecule has 0 fully saturated rings. The van der Waals surface area contributed by atoms with Crippen LogP contribution in [0.15, 0.2) is 35.3 Å². The minimum absolute atomic E-state index is 0.403. The highest BCUT2D eigenvalue weighted by Crippen LogP contribution is 2.09. The molecule has 0 amide bonds. The van der Waals surface area contributed by atoms with Gasteiger partial charge in [0.15, 0.2) is 0 Å². The Morgan fingerprint density at radius 1 is 1.35 bits per heavy atom. The first kappa shape index (κ1) is 13.0. The number of aldehydes is 1. The van der Waals surface area contributed by atoms with Crippen LogP contribution < -0.4 is 5.73 Å². The Kier molecular flexibility index (Phi) is 5.00. The number of nitrogens with two attached hydrogens (primary N) is 1. The summed E-state index contributed by atoms with van der Waals surface area (Å²) in [6.45, 7) is -0.534. The number of hydrogen-bond donors (Lipinski definition) is 1. The van der Waals surface area contributed by atoms with Gasteiger partial charge in [0.1, 0.15) is 6.29 Å². The van der Waals surface area contributed by atoms with Gasteiger partial charge in [-0.3, -0.25) is 9.79 Å². The lowest BCUT2D eigenvalue weighted by atomic mass is 10.1. The average molecular weight is 238 g/mol. The molecule has 17 heavy (non-hydrogen) atoms. The molecule has 0 bridgehead atoms. The number of halogens is 2. The third kappa shape index (κ3) is 4.55. The van der Waals surface area contributed by atoms with Crippen LogP contribution in [-0.4, -0.2) is 25.5 Å². The van der Waals surface area contributed by atoms with E-state index in [1.807, 2.05) is 0 Å². The highest BCUT2D eigenvalue weighted by atomic mass is 19.3. The van der Waals surface area contributed by atoms with E-state index in [1.165, 1.54) is 12.3 Å². The van der Waals surface area contributed by atoms with Crippen LogP contribution in [0.1, 0.15) is 15.9 Å². The Balaban J connectivity index is 2.67. The number of hydrogen-bond acceptors (Lipinski definition) is 3. The van der Waals surface area contributed by atoms with Crippen molar-refractivity contribution in [3.8, 4) is 0 Å². The molecule has 0 heterocycles. The van der Waals surface area contributed by atoms with Gasteiger partial charge in [-0.05, 0) is 11.6 Å². The molecule has 90 valence electrons. The minimum Gasteiger partial charge on any atom is -0.398 e. The van der Waals surface area contributed by atoms with Gasteiger partial charge in [0.05, 0.1) is 6.54 Å². The van der Waals surface area contributed by atoms with Gasteiger partial charge in [0.25, 0.3) is 6.43 Å². The average Bonchev–Trinajstić information content (AvgIpc) is 2.34. The van der Waals surface area contributed by atoms with Gasteiger partial charge in [-0.2, -0.15) is 0 Å². The summed E-state index contributed by atoms with van der Waals surface area (Å²) in [7, 11) is 0. The van der Waals surface area contributed by atoms with Crippen LogP contribution in [0.5, 0.6) is 0 Å². The molecule has 0 radical (unpaired) electrons. The zero-order valence-corrected chi connectivity index (χ0v) is 9.01. The van der Waals surface area contributed by atoms with Crippen molar-refractivity contribution < 1.29 is 13.6 Å². The summed E-state index contributed by atoms with van der Waals surface area (Å²) in [6, 6.07) is 6.60. The lowest BCUT2D eigenvalue weighted by Gasteiger charge is -2.00. The zero-order chi connectivity index (χ0) is 12.7. The van der Waals surface area contributed by atoms with Crippen LogP contribution in [0.25, 0.3) is 5.70 Å². The van der Waals surface area contributed by atoms with Crippen molar-refractivity contribution in [3.05, 3.63) is 41.5 Å². The predicted molar refractivity (Wildman–Crippen MR) is 63.4 cm³/mol. The number of aliphatic imine (C=N–C) groups is 1. The number of allylic oxidation sites excluding steroid dienone is 1. The van der Waals surface area contributed by atoms with E-state index in [0.717, 1.165) is 6.29 Å². The first-order valence-corrected chi connectivity index (χ1v) is 4.93. The molecule has 0 aliphatic carbocycles. The van der Waals surface area contributed by atoms with Crippen molar-refractivity contribution in [3.63, 3.8) is 0 Å². The highest BCUT2D eigenvalue weighted by Gasteiger charge is 1.98. The quantitative estimate of drug-likeness (QED) is 0.631. The number of carbonyl (C=O) groups excluding carboxylic acids is 1. The van der Waals surface area contributed by atoms with E-state index in [2.05, 4.69) is 4.99 Å². The second-order valence-electron chi connectivity index (χ2n) is 3.27. The summed E-state index contributed by atoms with van der Waals surface area (Å²) < 4.78 is 23.5. The number of carbonyl (C=O) groups is 1. The molecule has 0 saturated carbocycles. The Hall–Kier alpha value is -2.04. The molecule has 1 rings (SSSR count). The SMILES string of the molecule is NC(=CC=NCC(F)F)c1ccc(C=O)cc1. The first-order chi connectivity index (χ1) is 8.13. The third-order valence-corrected chi connectivity index (χ3v) is 1.98. The summed E-state index contributed by atoms with van der Waals surface area (Å²) in [6.07, 6.45) is 0.967. The van der Waals surface area contributed by atoms with E-state index in [1.54, 1.807) is 24.3 Å². The highest BCUT2D eigenvalue weighted by molar-refractivity contribution is 5.84. The lowest BCUT2D eigenvalue weighted by molar-refractivity contribution is 0.112. The van der Waals surface area contributed by atoms with E-state index < -0.39 is 13.0 Å². The van der Waals surface area contributed by atoms with Crippen LogP contribution in [0.4, 0.5) is 8.78 Å². The maximum absolute atomic E-state index is 11.8. The molecule has 0 aliphatic rings. The predicted octanol–water partition coefficient (Wildman–Crippen LogP) is 2.13. The van der Waals surface area contributed by atoms with Crippen LogP contribution in [0.3, 0.4) is 0 Å². The number of rotatable bonds is 5. The van der Waals surface area contributed by atoms with Crippen molar-refractivity contribution in [1.82, 2.24) is 0 Å². The van der Waals surface area contributed by atoms with E-state index in [0.29, 0.717) is 16.8 Å². The number of alkyl halides is 2. The molecule has 1 aromatic carbocycles. The zero-order valence-electron chi connectivity index (χ0n) is 9.01. The van der Waals surface area contributed by atoms with Crippen molar-refractivity contribution in [2.45, 2.75) is 6.43 Å². The molecule has 0 saturated heterocycles. The van der Waals surface area contributed by atoms with Crippen LogP contribution in [0, 0.1) is 0 Å². The Morgan fingerprint density at radius 3 is 2.53 bits per heavy atom. The van der Waals surface area contributed by atoms with Crippen LogP contribution in [-0.2, 0) is 0 Å². The van der Waals surface area contributed by atoms with E-state index in [4.69, 9.17) is 5.73 Å². The molecule has 5 heteroatoms. The molecule has 0 spiro atoms. The van der Waals surface area contributed by atoms with Gasteiger partial charge in [0.2, 0.25) is 0 Å². The molecule has 1 aromatic rings. The van der Waals surface area contributed by atoms with Crippen molar-refractivity contribution >= 4 is 18.2 Å². The van der Waals surface area contributed by atoms with Crippen molar-refractivity contribution in [1.29, 1.82) is 0 Å². The molecule has 2 N–H and O–H groups in total. The number of benzene rings is 1. The Bertz CT molecular complexity index is 425. The Labute approximate surface area is 97.7 Å². The van der Waals surface area contributed by atoms with Crippen LogP contribution in [0.2, 0.25) is 0 Å². The Morgan fingerprint density at radius 2 is 2.00 bits per heavy atom. The van der Waals surface area contributed by atoms with E-state index >= 15 is 0 Å². The molecule has 0 atom stereocenters. The normalized spacial score (nSPS) is 12.3. The maximum Gasteiger partial charge on any atom is 0.257 e. The van der Waals surface area contributed by atoms with Gasteiger partial charge in [0, 0.05) is 17.5 Å². The fourth-order valence-electron chi connectivity index (χ4n) is 1.12. The second-order valence-corrected chi connectivity index (χ2v) is 3.27. The molecule has 0 unspecified atom stereocenters. The maximum atomic E-state index is 11.8. The number of nitrogens with zero attached hydrogens (tertiary/aromatic N) is 1. The van der Waals surface area contributed by atoms with Crippen molar-refractivity contribution in [2.24, 2.45) is 10.7 Å². The van der Waals surface area contributed by atoms with Gasteiger partial charge >= 0.3 is 0 Å². The fourth-order valence-corrected chi connectivity index (χ4v) is 1.12. The largest absolute Gasteiger partial charge is 0.398 e. The summed E-state index contributed by atoms with van der Waals surface area (Å²) in [5, 5.41) is 0. The summed E-state index contributed by atoms with van der Waals surface area (Å²) >= 11 is 0. The molecular formula is C12H12F2N2O.